The maximum absolute atomic E-state index is 9.87. The van der Waals surface area contributed by atoms with Crippen molar-refractivity contribution in [2.24, 2.45) is 0 Å². The molecule has 0 unspecified atom stereocenters. The highest BCUT2D eigenvalue weighted by molar-refractivity contribution is 5.72. The number of nitrogens with one attached hydrogen (secondary N) is 1. The highest BCUT2D eigenvalue weighted by Gasteiger charge is 1.99. The summed E-state index contributed by atoms with van der Waals surface area (Å²) in [5.41, 5.74) is 1.75. The molecular formula is C23H21NO7. The number of phenols is 6. The molecule has 8 heteroatoms. The van der Waals surface area contributed by atoms with Crippen LogP contribution in [-0.4, -0.2) is 37.0 Å². The summed E-state index contributed by atoms with van der Waals surface area (Å²) in [5, 5.41) is 57.7. The predicted octanol–water partition coefficient (Wildman–Crippen LogP) is 3.49. The fourth-order valence-corrected chi connectivity index (χ4v) is 2.40. The van der Waals surface area contributed by atoms with Crippen molar-refractivity contribution in [2.75, 3.05) is 0 Å². The van der Waals surface area contributed by atoms with E-state index in [9.17, 15) is 25.2 Å². The molecule has 0 atom stereocenters. The maximum atomic E-state index is 9.87. The molecule has 0 heterocycles. The van der Waals surface area contributed by atoms with Crippen LogP contribution in [0.4, 0.5) is 0 Å². The van der Waals surface area contributed by atoms with Crippen molar-refractivity contribution in [3.63, 3.8) is 0 Å². The monoisotopic (exact) mass is 423 g/mol. The zero-order valence-electron chi connectivity index (χ0n) is 16.2. The van der Waals surface area contributed by atoms with Crippen LogP contribution in [0.2, 0.25) is 0 Å². The maximum Gasteiger partial charge on any atom is 0.211 e. The lowest BCUT2D eigenvalue weighted by atomic mass is 10.1. The van der Waals surface area contributed by atoms with Gasteiger partial charge in [-0.3, -0.25) is 4.79 Å². The smallest absolute Gasteiger partial charge is 0.211 e. The van der Waals surface area contributed by atoms with Crippen LogP contribution in [0.5, 0.6) is 34.5 Å². The van der Waals surface area contributed by atoms with Crippen LogP contribution in [0.3, 0.4) is 0 Å². The molecule has 0 aliphatic heterocycles. The van der Waals surface area contributed by atoms with Crippen LogP contribution in [0, 0.1) is 0 Å². The number of amides is 1. The number of benzene rings is 3. The molecule has 0 spiro atoms. The quantitative estimate of drug-likeness (QED) is 0.144. The van der Waals surface area contributed by atoms with Crippen molar-refractivity contribution in [2.45, 2.75) is 0 Å². The highest BCUT2D eigenvalue weighted by atomic mass is 16.3. The second-order valence-corrected chi connectivity index (χ2v) is 6.23. The predicted molar refractivity (Wildman–Crippen MR) is 116 cm³/mol. The second-order valence-electron chi connectivity index (χ2n) is 6.23. The van der Waals surface area contributed by atoms with Crippen LogP contribution >= 0.6 is 0 Å². The Balaban J connectivity index is 0.000000233. The van der Waals surface area contributed by atoms with Crippen LogP contribution in [-0.2, 0) is 4.79 Å². The van der Waals surface area contributed by atoms with E-state index in [1.54, 1.807) is 18.2 Å². The standard InChI is InChI=1S/C14H12O4.C9H9NO3/c15-11-5-10(6-12(16)8-11)2-1-9-3-4-13(17)14(18)7-9;11-6-10-4-3-7-5-8(12)1-2-9(7)13/h1-8,15-18H;1-6,12-13H,(H,10,11)/b2-1+;4-3+. The SMILES string of the molecule is O=CN/C=C/c1cc(O)ccc1O.Oc1cc(O)cc(/C=C/c2ccc(O)c(O)c2)c1. The molecule has 0 aliphatic carbocycles. The van der Waals surface area contributed by atoms with Gasteiger partial charge in [-0.15, -0.1) is 0 Å². The number of carbonyl (C=O) groups excluding carboxylic acids is 1. The van der Waals surface area contributed by atoms with Gasteiger partial charge in [0.15, 0.2) is 11.5 Å². The molecule has 0 bridgehead atoms. The Morgan fingerprint density at radius 1 is 0.581 bits per heavy atom. The van der Waals surface area contributed by atoms with Gasteiger partial charge in [0.25, 0.3) is 0 Å². The van der Waals surface area contributed by atoms with Gasteiger partial charge >= 0.3 is 0 Å². The van der Waals surface area contributed by atoms with Crippen molar-refractivity contribution < 1.29 is 35.4 Å². The van der Waals surface area contributed by atoms with E-state index in [4.69, 9.17) is 10.2 Å². The first kappa shape index (κ1) is 22.7. The van der Waals surface area contributed by atoms with Gasteiger partial charge in [0.1, 0.15) is 23.0 Å². The lowest BCUT2D eigenvalue weighted by molar-refractivity contribution is -0.108. The highest BCUT2D eigenvalue weighted by Crippen LogP contribution is 2.27. The number of aromatic hydroxyl groups is 6. The average molecular weight is 423 g/mol. The van der Waals surface area contributed by atoms with E-state index in [-0.39, 0.29) is 34.5 Å². The summed E-state index contributed by atoms with van der Waals surface area (Å²) >= 11 is 0. The van der Waals surface area contributed by atoms with Gasteiger partial charge < -0.3 is 36.0 Å². The summed E-state index contributed by atoms with van der Waals surface area (Å²) in [5.74, 6) is -0.324. The topological polar surface area (TPSA) is 150 Å². The zero-order valence-corrected chi connectivity index (χ0v) is 16.2. The molecule has 0 radical (unpaired) electrons. The van der Waals surface area contributed by atoms with Crippen LogP contribution < -0.4 is 5.32 Å². The van der Waals surface area contributed by atoms with E-state index in [1.807, 2.05) is 0 Å². The lowest BCUT2D eigenvalue weighted by Gasteiger charge is -2.00. The van der Waals surface area contributed by atoms with E-state index in [0.29, 0.717) is 23.1 Å². The molecule has 7 N–H and O–H groups in total. The third kappa shape index (κ3) is 7.39. The summed E-state index contributed by atoms with van der Waals surface area (Å²) in [4.78, 5) is 9.87. The molecule has 3 rings (SSSR count). The molecule has 3 aromatic rings. The zero-order chi connectivity index (χ0) is 22.8. The summed E-state index contributed by atoms with van der Waals surface area (Å²) in [7, 11) is 0. The Bertz CT molecular complexity index is 1090. The summed E-state index contributed by atoms with van der Waals surface area (Å²) in [6.07, 6.45) is 6.71. The molecule has 1 amide bonds. The normalized spacial score (nSPS) is 10.6. The summed E-state index contributed by atoms with van der Waals surface area (Å²) < 4.78 is 0. The van der Waals surface area contributed by atoms with Gasteiger partial charge in [-0.25, -0.2) is 0 Å². The Kier molecular flexibility index (Phi) is 7.92. The average Bonchev–Trinajstić information content (AvgIpc) is 2.71. The number of phenolic OH excluding ortho intramolecular Hbond substituents is 6. The molecule has 0 aromatic heterocycles. The fraction of sp³-hybridized carbons (Fsp3) is 0. The van der Waals surface area contributed by atoms with E-state index in [2.05, 4.69) is 5.32 Å². The first-order valence-electron chi connectivity index (χ1n) is 8.90. The summed E-state index contributed by atoms with van der Waals surface area (Å²) in [6, 6.07) is 12.8. The van der Waals surface area contributed by atoms with E-state index >= 15 is 0 Å². The Morgan fingerprint density at radius 2 is 1.23 bits per heavy atom. The minimum absolute atomic E-state index is 0.0248. The van der Waals surface area contributed by atoms with Gasteiger partial charge in [-0.1, -0.05) is 18.2 Å². The first-order chi connectivity index (χ1) is 14.8. The van der Waals surface area contributed by atoms with Gasteiger partial charge in [-0.2, -0.15) is 0 Å². The molecule has 3 aromatic carbocycles. The van der Waals surface area contributed by atoms with Crippen LogP contribution in [0.1, 0.15) is 16.7 Å². The second kappa shape index (κ2) is 10.8. The van der Waals surface area contributed by atoms with E-state index in [1.165, 1.54) is 60.8 Å². The van der Waals surface area contributed by atoms with Crippen LogP contribution in [0.25, 0.3) is 18.2 Å². The largest absolute Gasteiger partial charge is 0.508 e. The molecule has 0 saturated heterocycles. The van der Waals surface area contributed by atoms with E-state index in [0.717, 1.165) is 0 Å². The Hall–Kier alpha value is -4.59. The number of hydrogen-bond donors (Lipinski definition) is 7. The van der Waals surface area contributed by atoms with Gasteiger partial charge in [0, 0.05) is 17.8 Å². The lowest BCUT2D eigenvalue weighted by Crippen LogP contribution is -1.97. The Labute approximate surface area is 177 Å². The molecule has 31 heavy (non-hydrogen) atoms. The van der Waals surface area contributed by atoms with Crippen LogP contribution in [0.15, 0.2) is 60.8 Å². The number of rotatable bonds is 5. The van der Waals surface area contributed by atoms with Gasteiger partial charge in [-0.05, 0) is 59.7 Å². The van der Waals surface area contributed by atoms with Gasteiger partial charge in [0.05, 0.1) is 0 Å². The molecule has 0 fully saturated rings. The summed E-state index contributed by atoms with van der Waals surface area (Å²) in [6.45, 7) is 0. The van der Waals surface area contributed by atoms with Crippen molar-refractivity contribution in [3.8, 4) is 34.5 Å². The van der Waals surface area contributed by atoms with Crippen molar-refractivity contribution >= 4 is 24.6 Å². The van der Waals surface area contributed by atoms with Crippen molar-refractivity contribution in [1.82, 2.24) is 5.32 Å². The number of hydrogen-bond acceptors (Lipinski definition) is 7. The number of carbonyl (C=O) groups is 1. The third-order valence-corrected chi connectivity index (χ3v) is 3.83. The minimum atomic E-state index is -0.198. The fourth-order valence-electron chi connectivity index (χ4n) is 2.40. The molecule has 160 valence electrons. The van der Waals surface area contributed by atoms with Gasteiger partial charge in [0.2, 0.25) is 6.41 Å². The van der Waals surface area contributed by atoms with Crippen molar-refractivity contribution in [3.05, 3.63) is 77.5 Å². The van der Waals surface area contributed by atoms with E-state index < -0.39 is 0 Å². The first-order valence-corrected chi connectivity index (χ1v) is 8.90. The molecular weight excluding hydrogens is 402 g/mol. The molecule has 0 saturated carbocycles. The molecule has 8 nitrogen and oxygen atoms in total. The van der Waals surface area contributed by atoms with Crippen molar-refractivity contribution in [1.29, 1.82) is 0 Å². The third-order valence-electron chi connectivity index (χ3n) is 3.83. The molecule has 0 aliphatic rings. The Morgan fingerprint density at radius 3 is 1.87 bits per heavy atom. The minimum Gasteiger partial charge on any atom is -0.508 e.